The maximum Gasteiger partial charge on any atom is 0.300 e. The number of aromatic nitrogens is 1. The van der Waals surface area contributed by atoms with Crippen LogP contribution >= 0.6 is 0 Å². The number of pyridine rings is 1. The van der Waals surface area contributed by atoms with E-state index in [9.17, 15) is 8.42 Å². The summed E-state index contributed by atoms with van der Waals surface area (Å²) in [5.74, 6) is 0.752. The van der Waals surface area contributed by atoms with Crippen LogP contribution in [0.25, 0.3) is 6.08 Å². The van der Waals surface area contributed by atoms with Gasteiger partial charge in [0.05, 0.1) is 12.8 Å². The molecule has 0 spiro atoms. The first kappa shape index (κ1) is 18.5. The summed E-state index contributed by atoms with van der Waals surface area (Å²) in [6.45, 7) is 0. The molecular weight excluding hydrogens is 360 g/mol. The van der Waals surface area contributed by atoms with E-state index in [1.807, 2.05) is 54.6 Å². The maximum absolute atomic E-state index is 12.6. The molecule has 1 heterocycles. The first-order chi connectivity index (χ1) is 13.1. The molecule has 0 fully saturated rings. The highest BCUT2D eigenvalue weighted by Gasteiger charge is 2.15. The van der Waals surface area contributed by atoms with E-state index in [-0.39, 0.29) is 5.03 Å². The van der Waals surface area contributed by atoms with E-state index in [4.69, 9.17) is 4.74 Å². The fourth-order valence-electron chi connectivity index (χ4n) is 2.35. The predicted molar refractivity (Wildman–Crippen MR) is 106 cm³/mol. The Hall–Kier alpha value is -3.25. The molecule has 0 N–H and O–H groups in total. The van der Waals surface area contributed by atoms with E-state index >= 15 is 0 Å². The number of hydrogen-bond acceptors (Lipinski definition) is 4. The molecule has 0 amide bonds. The van der Waals surface area contributed by atoms with E-state index in [0.717, 1.165) is 11.3 Å². The van der Waals surface area contributed by atoms with E-state index in [2.05, 4.69) is 9.38 Å². The number of nitrogens with zero attached hydrogens (tertiary/aromatic N) is 2. The molecule has 136 valence electrons. The minimum Gasteiger partial charge on any atom is -0.497 e. The van der Waals surface area contributed by atoms with Crippen LogP contribution in [0.2, 0.25) is 0 Å². The fourth-order valence-corrected chi connectivity index (χ4v) is 3.32. The fraction of sp³-hybridized carbons (Fsp3) is 0.0476. The van der Waals surface area contributed by atoms with Crippen LogP contribution in [0.5, 0.6) is 5.75 Å². The van der Waals surface area contributed by atoms with Crippen molar-refractivity contribution in [1.82, 2.24) is 4.98 Å². The van der Waals surface area contributed by atoms with Crippen molar-refractivity contribution in [1.29, 1.82) is 0 Å². The Bertz CT molecular complexity index is 1040. The molecule has 0 unspecified atom stereocenters. The third kappa shape index (κ3) is 4.89. The largest absolute Gasteiger partial charge is 0.497 e. The van der Waals surface area contributed by atoms with Gasteiger partial charge in [-0.05, 0) is 35.9 Å². The predicted octanol–water partition coefficient (Wildman–Crippen LogP) is 3.98. The van der Waals surface area contributed by atoms with E-state index in [1.165, 1.54) is 12.3 Å². The van der Waals surface area contributed by atoms with Gasteiger partial charge in [-0.3, -0.25) is 0 Å². The van der Waals surface area contributed by atoms with Crippen LogP contribution in [0.1, 0.15) is 11.1 Å². The molecule has 0 saturated carbocycles. The Morgan fingerprint density at radius 2 is 1.67 bits per heavy atom. The number of allylic oxidation sites excluding steroid dienone is 1. The summed E-state index contributed by atoms with van der Waals surface area (Å²) in [7, 11) is -2.31. The van der Waals surface area contributed by atoms with E-state index in [1.54, 1.807) is 31.4 Å². The summed E-state index contributed by atoms with van der Waals surface area (Å²) in [5.41, 5.74) is 1.92. The zero-order valence-electron chi connectivity index (χ0n) is 14.7. The summed E-state index contributed by atoms with van der Waals surface area (Å²) < 4.78 is 34.4. The minimum absolute atomic E-state index is 0.0868. The molecule has 0 radical (unpaired) electrons. The standard InChI is InChI=1S/C21H18N2O3S/c1-26-19-13-10-17(11-14-19)12-15-20(18-7-3-2-4-8-18)23-27(24,25)21-9-5-6-16-22-21/h2-16H,1H3/b15-12+,23-20-. The topological polar surface area (TPSA) is 68.6 Å². The molecule has 0 atom stereocenters. The van der Waals surface area contributed by atoms with E-state index in [0.29, 0.717) is 11.3 Å². The molecular formula is C21H18N2O3S. The molecule has 0 bridgehead atoms. The van der Waals surface area contributed by atoms with Crippen LogP contribution in [0.15, 0.2) is 94.5 Å². The van der Waals surface area contributed by atoms with Crippen LogP contribution in [0.3, 0.4) is 0 Å². The van der Waals surface area contributed by atoms with Crippen molar-refractivity contribution in [2.45, 2.75) is 5.03 Å². The Morgan fingerprint density at radius 1 is 0.963 bits per heavy atom. The molecule has 1 aromatic heterocycles. The normalized spacial score (nSPS) is 12.3. The quantitative estimate of drug-likeness (QED) is 0.609. The average molecular weight is 378 g/mol. The Morgan fingerprint density at radius 3 is 2.30 bits per heavy atom. The highest BCUT2D eigenvalue weighted by Crippen LogP contribution is 2.15. The molecule has 3 rings (SSSR count). The Balaban J connectivity index is 2.00. The summed E-state index contributed by atoms with van der Waals surface area (Å²) in [4.78, 5) is 3.90. The van der Waals surface area contributed by atoms with Crippen molar-refractivity contribution in [3.63, 3.8) is 0 Å². The molecule has 2 aromatic carbocycles. The third-order valence-electron chi connectivity index (χ3n) is 3.74. The van der Waals surface area contributed by atoms with Gasteiger partial charge in [0.1, 0.15) is 5.75 Å². The smallest absolute Gasteiger partial charge is 0.300 e. The van der Waals surface area contributed by atoms with Gasteiger partial charge >= 0.3 is 0 Å². The number of methoxy groups -OCH3 is 1. The van der Waals surface area contributed by atoms with Crippen LogP contribution < -0.4 is 4.74 Å². The SMILES string of the molecule is COc1ccc(/C=C/C(=N/S(=O)(=O)c2ccccn2)c2ccccc2)cc1. The van der Waals surface area contributed by atoms with Crippen LogP contribution in [-0.2, 0) is 10.0 Å². The van der Waals surface area contributed by atoms with Crippen LogP contribution in [0.4, 0.5) is 0 Å². The number of hydrogen-bond donors (Lipinski definition) is 0. The lowest BCUT2D eigenvalue weighted by molar-refractivity contribution is 0.415. The second kappa shape index (κ2) is 8.42. The van der Waals surface area contributed by atoms with Gasteiger partial charge in [-0.25, -0.2) is 4.98 Å². The van der Waals surface area contributed by atoms with Gasteiger partial charge in [0.15, 0.2) is 5.03 Å². The average Bonchev–Trinajstić information content (AvgIpc) is 2.73. The molecule has 0 aliphatic carbocycles. The lowest BCUT2D eigenvalue weighted by atomic mass is 10.1. The van der Waals surface area contributed by atoms with Gasteiger partial charge in [-0.2, -0.15) is 12.8 Å². The van der Waals surface area contributed by atoms with Crippen LogP contribution in [0, 0.1) is 0 Å². The van der Waals surface area contributed by atoms with Crippen molar-refractivity contribution in [3.8, 4) is 5.75 Å². The molecule has 0 aliphatic rings. The van der Waals surface area contributed by atoms with Gasteiger partial charge in [0, 0.05) is 11.8 Å². The molecule has 0 saturated heterocycles. The summed E-state index contributed by atoms with van der Waals surface area (Å²) in [6.07, 6.45) is 4.91. The first-order valence-corrected chi connectivity index (χ1v) is 9.66. The number of rotatable bonds is 6. The molecule has 0 aliphatic heterocycles. The number of sulfonamides is 1. The Labute approximate surface area is 158 Å². The van der Waals surface area contributed by atoms with Gasteiger partial charge in [-0.15, -0.1) is 0 Å². The van der Waals surface area contributed by atoms with Crippen molar-refractivity contribution in [2.75, 3.05) is 7.11 Å². The number of ether oxygens (including phenoxy) is 1. The second-order valence-electron chi connectivity index (χ2n) is 5.59. The van der Waals surface area contributed by atoms with Gasteiger partial charge in [-0.1, -0.05) is 54.6 Å². The van der Waals surface area contributed by atoms with Gasteiger partial charge in [0.2, 0.25) is 0 Å². The van der Waals surface area contributed by atoms with Crippen molar-refractivity contribution in [2.24, 2.45) is 4.40 Å². The van der Waals surface area contributed by atoms with Crippen molar-refractivity contribution in [3.05, 3.63) is 96.2 Å². The monoisotopic (exact) mass is 378 g/mol. The van der Waals surface area contributed by atoms with Crippen molar-refractivity contribution >= 4 is 21.8 Å². The molecule has 27 heavy (non-hydrogen) atoms. The van der Waals surface area contributed by atoms with Crippen molar-refractivity contribution < 1.29 is 13.2 Å². The maximum atomic E-state index is 12.6. The van der Waals surface area contributed by atoms with E-state index < -0.39 is 10.0 Å². The highest BCUT2D eigenvalue weighted by molar-refractivity contribution is 7.90. The van der Waals surface area contributed by atoms with Crippen LogP contribution in [-0.4, -0.2) is 26.2 Å². The van der Waals surface area contributed by atoms with Gasteiger partial charge in [0.25, 0.3) is 10.0 Å². The zero-order valence-corrected chi connectivity index (χ0v) is 15.5. The molecule has 6 heteroatoms. The molecule has 5 nitrogen and oxygen atoms in total. The zero-order chi connectivity index (χ0) is 19.1. The first-order valence-electron chi connectivity index (χ1n) is 8.22. The lowest BCUT2D eigenvalue weighted by Gasteiger charge is -2.04. The molecule has 3 aromatic rings. The second-order valence-corrected chi connectivity index (χ2v) is 7.14. The summed E-state index contributed by atoms with van der Waals surface area (Å²) >= 11 is 0. The third-order valence-corrected chi connectivity index (χ3v) is 4.95. The highest BCUT2D eigenvalue weighted by atomic mass is 32.2. The Kier molecular flexibility index (Phi) is 5.78. The number of benzene rings is 2. The minimum atomic E-state index is -3.92. The lowest BCUT2D eigenvalue weighted by Crippen LogP contribution is -2.05. The summed E-state index contributed by atoms with van der Waals surface area (Å²) in [6, 6.07) is 21.3. The van der Waals surface area contributed by atoms with Gasteiger partial charge < -0.3 is 4.74 Å². The summed E-state index contributed by atoms with van der Waals surface area (Å²) in [5, 5.41) is -0.0868.